The fourth-order valence-electron chi connectivity index (χ4n) is 1.64. The van der Waals surface area contributed by atoms with Crippen molar-refractivity contribution in [3.8, 4) is 0 Å². The molecule has 0 spiro atoms. The molecule has 2 heterocycles. The molecule has 1 N–H and O–H groups in total. The molecule has 88 valence electrons. The van der Waals surface area contributed by atoms with E-state index < -0.39 is 5.97 Å². The molecule has 0 saturated carbocycles. The zero-order valence-electron chi connectivity index (χ0n) is 8.85. The predicted octanol–water partition coefficient (Wildman–Crippen LogP) is 1.67. The Hall–Kier alpha value is -1.33. The molecule has 1 aromatic rings. The van der Waals surface area contributed by atoms with Crippen molar-refractivity contribution < 1.29 is 23.8 Å². The number of furan rings is 1. The lowest BCUT2D eigenvalue weighted by Crippen LogP contribution is -2.13. The summed E-state index contributed by atoms with van der Waals surface area (Å²) in [5.74, 6) is -0.600. The summed E-state index contributed by atoms with van der Waals surface area (Å²) < 4.78 is 15.8. The quantitative estimate of drug-likeness (QED) is 0.827. The minimum absolute atomic E-state index is 0.0595. The zero-order chi connectivity index (χ0) is 11.4. The van der Waals surface area contributed by atoms with Crippen LogP contribution in [0.5, 0.6) is 0 Å². The van der Waals surface area contributed by atoms with E-state index in [-0.39, 0.29) is 18.5 Å². The highest BCUT2D eigenvalue weighted by molar-refractivity contribution is 5.84. The highest BCUT2D eigenvalue weighted by Gasteiger charge is 2.16. The second kappa shape index (κ2) is 5.14. The first-order valence-electron chi connectivity index (χ1n) is 5.27. The summed E-state index contributed by atoms with van der Waals surface area (Å²) in [5.41, 5.74) is 0. The maximum Gasteiger partial charge on any atom is 0.371 e. The Morgan fingerprint density at radius 3 is 3.06 bits per heavy atom. The molecule has 0 aliphatic carbocycles. The van der Waals surface area contributed by atoms with Crippen molar-refractivity contribution >= 4 is 5.97 Å². The number of carbonyl (C=O) groups is 1. The predicted molar refractivity (Wildman–Crippen MR) is 54.3 cm³/mol. The molecule has 5 heteroatoms. The maximum absolute atomic E-state index is 10.5. The molecule has 0 aromatic carbocycles. The van der Waals surface area contributed by atoms with Gasteiger partial charge in [0.05, 0.1) is 12.7 Å². The van der Waals surface area contributed by atoms with Crippen LogP contribution < -0.4 is 0 Å². The van der Waals surface area contributed by atoms with Gasteiger partial charge in [-0.1, -0.05) is 0 Å². The first-order chi connectivity index (χ1) is 7.75. The van der Waals surface area contributed by atoms with Gasteiger partial charge in [0.1, 0.15) is 12.4 Å². The number of carboxylic acid groups (broad SMARTS) is 1. The highest BCUT2D eigenvalue weighted by atomic mass is 16.5. The van der Waals surface area contributed by atoms with Gasteiger partial charge in [-0.15, -0.1) is 0 Å². The standard InChI is InChI=1S/C11H14O5/c12-11(13)10-4-3-9(16-10)7-14-6-8-2-1-5-15-8/h3-4,8H,1-2,5-7H2,(H,12,13). The minimum Gasteiger partial charge on any atom is -0.475 e. The first-order valence-corrected chi connectivity index (χ1v) is 5.27. The van der Waals surface area contributed by atoms with Crippen molar-refractivity contribution in [1.29, 1.82) is 0 Å². The van der Waals surface area contributed by atoms with Crippen LogP contribution in [-0.2, 0) is 16.1 Å². The Balaban J connectivity index is 1.74. The lowest BCUT2D eigenvalue weighted by Gasteiger charge is -2.08. The molecule has 1 aliphatic rings. The summed E-state index contributed by atoms with van der Waals surface area (Å²) in [6, 6.07) is 3.03. The fraction of sp³-hybridized carbons (Fsp3) is 0.545. The van der Waals surface area contributed by atoms with Gasteiger partial charge in [-0.3, -0.25) is 0 Å². The molecule has 5 nitrogen and oxygen atoms in total. The highest BCUT2D eigenvalue weighted by Crippen LogP contribution is 2.14. The third-order valence-corrected chi connectivity index (χ3v) is 2.44. The maximum atomic E-state index is 10.5. The summed E-state index contributed by atoms with van der Waals surface area (Å²) in [5, 5.41) is 8.64. The average Bonchev–Trinajstić information content (AvgIpc) is 2.87. The molecule has 0 amide bonds. The summed E-state index contributed by atoms with van der Waals surface area (Å²) in [6.45, 7) is 1.62. The van der Waals surface area contributed by atoms with Crippen molar-refractivity contribution in [3.63, 3.8) is 0 Å². The molecule has 1 saturated heterocycles. The molecule has 1 aromatic heterocycles. The Labute approximate surface area is 93.0 Å². The van der Waals surface area contributed by atoms with Crippen LogP contribution in [0, 0.1) is 0 Å². The van der Waals surface area contributed by atoms with Gasteiger partial charge in [0.15, 0.2) is 0 Å². The molecule has 0 bridgehead atoms. The normalized spacial score (nSPS) is 20.1. The van der Waals surface area contributed by atoms with Crippen LogP contribution in [0.15, 0.2) is 16.5 Å². The lowest BCUT2D eigenvalue weighted by molar-refractivity contribution is 0.00541. The van der Waals surface area contributed by atoms with Crippen molar-refractivity contribution in [2.75, 3.05) is 13.2 Å². The zero-order valence-corrected chi connectivity index (χ0v) is 8.85. The van der Waals surface area contributed by atoms with Gasteiger partial charge in [-0.05, 0) is 25.0 Å². The van der Waals surface area contributed by atoms with E-state index >= 15 is 0 Å². The van der Waals surface area contributed by atoms with Gasteiger partial charge in [-0.25, -0.2) is 4.79 Å². The molecule has 0 radical (unpaired) electrons. The van der Waals surface area contributed by atoms with E-state index in [4.69, 9.17) is 19.0 Å². The second-order valence-corrected chi connectivity index (χ2v) is 3.72. The van der Waals surface area contributed by atoms with Crippen molar-refractivity contribution in [1.82, 2.24) is 0 Å². The Bertz CT molecular complexity index is 351. The minimum atomic E-state index is -1.06. The van der Waals surface area contributed by atoms with Crippen molar-refractivity contribution in [2.24, 2.45) is 0 Å². The molecule has 1 aliphatic heterocycles. The monoisotopic (exact) mass is 226 g/mol. The summed E-state index contributed by atoms with van der Waals surface area (Å²) in [6.07, 6.45) is 2.28. The lowest BCUT2D eigenvalue weighted by atomic mass is 10.2. The smallest absolute Gasteiger partial charge is 0.371 e. The number of aromatic carboxylic acids is 1. The average molecular weight is 226 g/mol. The van der Waals surface area contributed by atoms with Crippen LogP contribution >= 0.6 is 0 Å². The third kappa shape index (κ3) is 2.84. The van der Waals surface area contributed by atoms with E-state index in [1.807, 2.05) is 0 Å². The van der Waals surface area contributed by atoms with Crippen LogP contribution in [0.3, 0.4) is 0 Å². The number of carboxylic acids is 1. The van der Waals surface area contributed by atoms with E-state index in [0.29, 0.717) is 12.4 Å². The van der Waals surface area contributed by atoms with Gasteiger partial charge in [0, 0.05) is 6.61 Å². The van der Waals surface area contributed by atoms with Gasteiger partial charge in [-0.2, -0.15) is 0 Å². The summed E-state index contributed by atoms with van der Waals surface area (Å²) in [7, 11) is 0. The summed E-state index contributed by atoms with van der Waals surface area (Å²) >= 11 is 0. The van der Waals surface area contributed by atoms with Crippen molar-refractivity contribution in [2.45, 2.75) is 25.6 Å². The van der Waals surface area contributed by atoms with E-state index in [2.05, 4.69) is 0 Å². The Morgan fingerprint density at radius 1 is 1.56 bits per heavy atom. The van der Waals surface area contributed by atoms with Gasteiger partial charge < -0.3 is 19.0 Å². The molecule has 16 heavy (non-hydrogen) atoms. The second-order valence-electron chi connectivity index (χ2n) is 3.72. The molecule has 1 unspecified atom stereocenters. The number of ether oxygens (including phenoxy) is 2. The SMILES string of the molecule is O=C(O)c1ccc(COCC2CCCO2)o1. The molecule has 1 fully saturated rings. The largest absolute Gasteiger partial charge is 0.475 e. The van der Waals surface area contributed by atoms with Gasteiger partial charge in [0.2, 0.25) is 5.76 Å². The van der Waals surface area contributed by atoms with Crippen molar-refractivity contribution in [3.05, 3.63) is 23.7 Å². The van der Waals surface area contributed by atoms with Crippen LogP contribution in [-0.4, -0.2) is 30.4 Å². The Morgan fingerprint density at radius 2 is 2.44 bits per heavy atom. The van der Waals surface area contributed by atoms with Crippen LogP contribution in [0.2, 0.25) is 0 Å². The van der Waals surface area contributed by atoms with Gasteiger partial charge >= 0.3 is 5.97 Å². The number of hydrogen-bond donors (Lipinski definition) is 1. The van der Waals surface area contributed by atoms with E-state index in [1.165, 1.54) is 6.07 Å². The van der Waals surface area contributed by atoms with Gasteiger partial charge in [0.25, 0.3) is 0 Å². The number of rotatable bonds is 5. The van der Waals surface area contributed by atoms with Crippen LogP contribution in [0.1, 0.15) is 29.2 Å². The van der Waals surface area contributed by atoms with E-state index in [0.717, 1.165) is 19.4 Å². The van der Waals surface area contributed by atoms with E-state index in [9.17, 15) is 4.79 Å². The molecular weight excluding hydrogens is 212 g/mol. The number of hydrogen-bond acceptors (Lipinski definition) is 4. The van der Waals surface area contributed by atoms with Crippen LogP contribution in [0.25, 0.3) is 0 Å². The summed E-state index contributed by atoms with van der Waals surface area (Å²) in [4.78, 5) is 10.5. The fourth-order valence-corrected chi connectivity index (χ4v) is 1.64. The molecular formula is C11H14O5. The Kier molecular flexibility index (Phi) is 3.58. The topological polar surface area (TPSA) is 68.9 Å². The first kappa shape index (κ1) is 11.2. The van der Waals surface area contributed by atoms with Crippen LogP contribution in [0.4, 0.5) is 0 Å². The molecule has 1 atom stereocenters. The third-order valence-electron chi connectivity index (χ3n) is 2.44. The van der Waals surface area contributed by atoms with E-state index in [1.54, 1.807) is 6.07 Å². The molecule has 2 rings (SSSR count).